The number of rotatable bonds is 6. The average molecular weight is 294 g/mol. The van der Waals surface area contributed by atoms with Gasteiger partial charge in [0.25, 0.3) is 0 Å². The molecule has 1 aliphatic rings. The second kappa shape index (κ2) is 7.76. The van der Waals surface area contributed by atoms with Crippen molar-refractivity contribution >= 4 is 0 Å². The fraction of sp³-hybridized carbons (Fsp3) is 0.647. The van der Waals surface area contributed by atoms with Gasteiger partial charge in [0.2, 0.25) is 0 Å². The normalized spacial score (nSPS) is 18.0. The average Bonchev–Trinajstić information content (AvgIpc) is 2.49. The Balaban J connectivity index is 2.29. The largest absolute Gasteiger partial charge is 0.496 e. The van der Waals surface area contributed by atoms with Crippen LogP contribution in [0.25, 0.3) is 0 Å². The summed E-state index contributed by atoms with van der Waals surface area (Å²) in [7, 11) is 1.62. The predicted molar refractivity (Wildman–Crippen MR) is 84.2 cm³/mol. The van der Waals surface area contributed by atoms with E-state index in [0.29, 0.717) is 11.7 Å². The number of hydrogen-bond donors (Lipinski definition) is 1. The molecule has 0 saturated carbocycles. The van der Waals surface area contributed by atoms with E-state index in [-0.39, 0.29) is 11.9 Å². The Morgan fingerprint density at radius 1 is 1.24 bits per heavy atom. The van der Waals surface area contributed by atoms with Crippen molar-refractivity contribution in [2.75, 3.05) is 33.3 Å². The van der Waals surface area contributed by atoms with Gasteiger partial charge in [0.15, 0.2) is 0 Å². The summed E-state index contributed by atoms with van der Waals surface area (Å²) in [5, 5.41) is 3.36. The topological polar surface area (TPSA) is 24.5 Å². The van der Waals surface area contributed by atoms with Crippen LogP contribution in [-0.4, -0.2) is 38.2 Å². The summed E-state index contributed by atoms with van der Waals surface area (Å²) >= 11 is 0. The Hall–Kier alpha value is -1.13. The predicted octanol–water partition coefficient (Wildman–Crippen LogP) is 3.22. The number of nitrogens with zero attached hydrogens (tertiary/aromatic N) is 1. The number of halogens is 1. The van der Waals surface area contributed by atoms with Gasteiger partial charge in [-0.3, -0.25) is 4.90 Å². The Morgan fingerprint density at radius 2 is 1.95 bits per heavy atom. The first-order valence-corrected chi connectivity index (χ1v) is 7.90. The Labute approximate surface area is 127 Å². The summed E-state index contributed by atoms with van der Waals surface area (Å²) in [4.78, 5) is 2.39. The molecule has 0 bridgehead atoms. The van der Waals surface area contributed by atoms with E-state index in [1.165, 1.54) is 0 Å². The molecule has 21 heavy (non-hydrogen) atoms. The lowest BCUT2D eigenvalue weighted by molar-refractivity contribution is 0.154. The van der Waals surface area contributed by atoms with Crippen LogP contribution < -0.4 is 10.1 Å². The van der Waals surface area contributed by atoms with E-state index in [2.05, 4.69) is 24.1 Å². The fourth-order valence-corrected chi connectivity index (χ4v) is 3.01. The maximum atomic E-state index is 14.4. The highest BCUT2D eigenvalue weighted by Crippen LogP contribution is 2.35. The van der Waals surface area contributed by atoms with Gasteiger partial charge in [0, 0.05) is 37.8 Å². The standard InChI is InChI=1S/C17H27FN2O/c1-13(2)7-8-15(20-11-9-19-10-12-20)17-14(18)5-4-6-16(17)21-3/h4-6,13,15,19H,7-12H2,1-3H3/t15-/m1/s1. The van der Waals surface area contributed by atoms with Crippen LogP contribution in [0, 0.1) is 11.7 Å². The Morgan fingerprint density at radius 3 is 2.57 bits per heavy atom. The quantitative estimate of drug-likeness (QED) is 0.872. The van der Waals surface area contributed by atoms with Gasteiger partial charge >= 0.3 is 0 Å². The first-order valence-electron chi connectivity index (χ1n) is 7.90. The monoisotopic (exact) mass is 294 g/mol. The van der Waals surface area contributed by atoms with Crippen LogP contribution in [0.15, 0.2) is 18.2 Å². The molecule has 1 saturated heterocycles. The number of methoxy groups -OCH3 is 1. The summed E-state index contributed by atoms with van der Waals surface area (Å²) < 4.78 is 19.9. The molecular formula is C17H27FN2O. The first-order chi connectivity index (χ1) is 10.1. The lowest BCUT2D eigenvalue weighted by Gasteiger charge is -2.36. The summed E-state index contributed by atoms with van der Waals surface area (Å²) in [6.07, 6.45) is 2.06. The zero-order valence-corrected chi connectivity index (χ0v) is 13.4. The maximum absolute atomic E-state index is 14.4. The van der Waals surface area contributed by atoms with Crippen LogP contribution >= 0.6 is 0 Å². The lowest BCUT2D eigenvalue weighted by atomic mass is 9.94. The minimum Gasteiger partial charge on any atom is -0.496 e. The minimum atomic E-state index is -0.151. The van der Waals surface area contributed by atoms with Crippen LogP contribution in [0.4, 0.5) is 4.39 Å². The molecular weight excluding hydrogens is 267 g/mol. The maximum Gasteiger partial charge on any atom is 0.131 e. The minimum absolute atomic E-state index is 0.102. The van der Waals surface area contributed by atoms with E-state index < -0.39 is 0 Å². The Kier molecular flexibility index (Phi) is 6.00. The molecule has 3 nitrogen and oxygen atoms in total. The lowest BCUT2D eigenvalue weighted by Crippen LogP contribution is -2.45. The van der Waals surface area contributed by atoms with Gasteiger partial charge in [0.1, 0.15) is 11.6 Å². The number of benzene rings is 1. The molecule has 1 atom stereocenters. The molecule has 0 aliphatic carbocycles. The van der Waals surface area contributed by atoms with Crippen molar-refractivity contribution in [2.45, 2.75) is 32.7 Å². The van der Waals surface area contributed by atoms with Crippen LogP contribution in [0.5, 0.6) is 5.75 Å². The molecule has 0 radical (unpaired) electrons. The van der Waals surface area contributed by atoms with Crippen LogP contribution in [0.3, 0.4) is 0 Å². The molecule has 0 unspecified atom stereocenters. The smallest absolute Gasteiger partial charge is 0.131 e. The van der Waals surface area contributed by atoms with Crippen molar-refractivity contribution in [3.05, 3.63) is 29.6 Å². The van der Waals surface area contributed by atoms with Crippen molar-refractivity contribution in [1.82, 2.24) is 10.2 Å². The van der Waals surface area contributed by atoms with Gasteiger partial charge < -0.3 is 10.1 Å². The third-order valence-corrected chi connectivity index (χ3v) is 4.18. The summed E-state index contributed by atoms with van der Waals surface area (Å²) in [6, 6.07) is 5.23. The van der Waals surface area contributed by atoms with Gasteiger partial charge in [-0.2, -0.15) is 0 Å². The number of piperazine rings is 1. The van der Waals surface area contributed by atoms with Crippen LogP contribution in [0.2, 0.25) is 0 Å². The third-order valence-electron chi connectivity index (χ3n) is 4.18. The van der Waals surface area contributed by atoms with Gasteiger partial charge in [-0.05, 0) is 30.9 Å². The molecule has 0 amide bonds. The molecule has 1 aromatic carbocycles. The van der Waals surface area contributed by atoms with Crippen molar-refractivity contribution < 1.29 is 9.13 Å². The van der Waals surface area contributed by atoms with E-state index in [9.17, 15) is 4.39 Å². The zero-order chi connectivity index (χ0) is 15.2. The first kappa shape index (κ1) is 16.2. The molecule has 1 N–H and O–H groups in total. The summed E-state index contributed by atoms with van der Waals surface area (Å²) in [5.74, 6) is 1.14. The highest BCUT2D eigenvalue weighted by molar-refractivity contribution is 5.37. The van der Waals surface area contributed by atoms with Crippen LogP contribution in [0.1, 0.15) is 38.3 Å². The van der Waals surface area contributed by atoms with Gasteiger partial charge in [-0.25, -0.2) is 4.39 Å². The van der Waals surface area contributed by atoms with Crippen molar-refractivity contribution in [1.29, 1.82) is 0 Å². The zero-order valence-electron chi connectivity index (χ0n) is 13.4. The van der Waals surface area contributed by atoms with E-state index in [1.54, 1.807) is 19.2 Å². The third kappa shape index (κ3) is 4.17. The molecule has 0 aromatic heterocycles. The van der Waals surface area contributed by atoms with Gasteiger partial charge in [-0.1, -0.05) is 19.9 Å². The molecule has 0 spiro atoms. The number of nitrogens with one attached hydrogen (secondary N) is 1. The number of ether oxygens (including phenoxy) is 1. The second-order valence-electron chi connectivity index (χ2n) is 6.13. The SMILES string of the molecule is COc1cccc(F)c1[C@@H](CCC(C)C)N1CCNCC1. The van der Waals surface area contributed by atoms with Crippen LogP contribution in [-0.2, 0) is 0 Å². The molecule has 2 rings (SSSR count). The summed E-state index contributed by atoms with van der Waals surface area (Å²) in [5.41, 5.74) is 0.725. The Bertz CT molecular complexity index is 444. The molecule has 118 valence electrons. The molecule has 1 aromatic rings. The highest BCUT2D eigenvalue weighted by Gasteiger charge is 2.27. The van der Waals surface area contributed by atoms with Crippen molar-refractivity contribution in [3.8, 4) is 5.75 Å². The van der Waals surface area contributed by atoms with Gasteiger partial charge in [-0.15, -0.1) is 0 Å². The fourth-order valence-electron chi connectivity index (χ4n) is 3.01. The molecule has 1 aliphatic heterocycles. The van der Waals surface area contributed by atoms with E-state index in [0.717, 1.165) is 44.6 Å². The molecule has 1 heterocycles. The summed E-state index contributed by atoms with van der Waals surface area (Å²) in [6.45, 7) is 8.28. The highest BCUT2D eigenvalue weighted by atomic mass is 19.1. The second-order valence-corrected chi connectivity index (χ2v) is 6.13. The van der Waals surface area contributed by atoms with E-state index >= 15 is 0 Å². The van der Waals surface area contributed by atoms with Gasteiger partial charge in [0.05, 0.1) is 7.11 Å². The van der Waals surface area contributed by atoms with E-state index in [1.807, 2.05) is 6.07 Å². The molecule has 1 fully saturated rings. The number of hydrogen-bond acceptors (Lipinski definition) is 3. The van der Waals surface area contributed by atoms with Crippen molar-refractivity contribution in [3.63, 3.8) is 0 Å². The molecule has 4 heteroatoms. The van der Waals surface area contributed by atoms with E-state index in [4.69, 9.17) is 4.74 Å². The van der Waals surface area contributed by atoms with Crippen molar-refractivity contribution in [2.24, 2.45) is 5.92 Å².